The Balaban J connectivity index is 2.04. The van der Waals surface area contributed by atoms with E-state index in [1.807, 2.05) is 0 Å². The van der Waals surface area contributed by atoms with E-state index in [1.54, 1.807) is 0 Å². The van der Waals surface area contributed by atoms with Crippen LogP contribution in [-0.4, -0.2) is 11.5 Å². The first-order chi connectivity index (χ1) is 9.83. The van der Waals surface area contributed by atoms with Crippen LogP contribution >= 0.6 is 0 Å². The van der Waals surface area contributed by atoms with E-state index in [0.717, 1.165) is 6.42 Å². The van der Waals surface area contributed by atoms with Crippen molar-refractivity contribution in [2.45, 2.75) is 19.3 Å². The molecule has 3 rings (SSSR count). The Morgan fingerprint density at radius 3 is 2.50 bits per heavy atom. The lowest BCUT2D eigenvalue weighted by Crippen LogP contribution is -2.13. The minimum Gasteiger partial charge on any atom is -0.361 e. The van der Waals surface area contributed by atoms with Gasteiger partial charge < -0.3 is 10.7 Å². The Kier molecular flexibility index (Phi) is 3.57. The first kappa shape index (κ1) is 12.9. The minimum atomic E-state index is 0.247. The number of aromatic amines is 1. The average molecular weight is 264 g/mol. The third kappa shape index (κ3) is 2.23. The van der Waals surface area contributed by atoms with E-state index < -0.39 is 0 Å². The lowest BCUT2D eigenvalue weighted by molar-refractivity contribution is 0.824. The maximum Gasteiger partial charge on any atom is 0.0457 e. The first-order valence-electron chi connectivity index (χ1n) is 7.18. The van der Waals surface area contributed by atoms with Crippen molar-refractivity contribution in [2.75, 3.05) is 6.54 Å². The molecule has 1 atom stereocenters. The molecule has 0 saturated carbocycles. The number of hydrogen-bond acceptors (Lipinski definition) is 1. The monoisotopic (exact) mass is 264 g/mol. The van der Waals surface area contributed by atoms with Crippen LogP contribution in [0.2, 0.25) is 0 Å². The van der Waals surface area contributed by atoms with Gasteiger partial charge >= 0.3 is 0 Å². The summed E-state index contributed by atoms with van der Waals surface area (Å²) >= 11 is 0. The molecule has 0 unspecified atom stereocenters. The van der Waals surface area contributed by atoms with E-state index in [1.165, 1.54) is 27.6 Å². The highest BCUT2D eigenvalue weighted by Crippen LogP contribution is 2.30. The highest BCUT2D eigenvalue weighted by molar-refractivity contribution is 5.84. The Labute approximate surface area is 119 Å². The molecule has 1 aromatic heterocycles. The molecule has 2 heteroatoms. The van der Waals surface area contributed by atoms with E-state index in [2.05, 4.69) is 66.6 Å². The summed E-state index contributed by atoms with van der Waals surface area (Å²) < 4.78 is 0. The minimum absolute atomic E-state index is 0.247. The molecule has 0 amide bonds. The molecule has 102 valence electrons. The summed E-state index contributed by atoms with van der Waals surface area (Å²) in [4.78, 5) is 3.34. The number of nitrogens with one attached hydrogen (secondary N) is 1. The quantitative estimate of drug-likeness (QED) is 0.739. The summed E-state index contributed by atoms with van der Waals surface area (Å²) in [6.45, 7) is 2.79. The summed E-state index contributed by atoms with van der Waals surface area (Å²) in [5, 5.41) is 1.27. The number of aryl methyl sites for hydroxylation is 1. The fraction of sp³-hybridized carbons (Fsp3) is 0.222. The number of hydrogen-bond donors (Lipinski definition) is 2. The van der Waals surface area contributed by atoms with Gasteiger partial charge in [0.2, 0.25) is 0 Å². The molecule has 0 aliphatic rings. The molecule has 3 aromatic rings. The number of rotatable bonds is 4. The fourth-order valence-electron chi connectivity index (χ4n) is 2.81. The van der Waals surface area contributed by atoms with Crippen molar-refractivity contribution in [1.29, 1.82) is 0 Å². The van der Waals surface area contributed by atoms with E-state index in [9.17, 15) is 0 Å². The van der Waals surface area contributed by atoms with Crippen LogP contribution in [0.4, 0.5) is 0 Å². The topological polar surface area (TPSA) is 41.8 Å². The molecule has 0 fully saturated rings. The Morgan fingerprint density at radius 1 is 1.05 bits per heavy atom. The standard InChI is InChI=1S/C18H20N2/c1-2-13-7-9-14(10-8-13)16(11-19)17-12-20-18-6-4-3-5-15(17)18/h3-10,12,16,20H,2,11,19H2,1H3/t16-/m0/s1. The normalized spacial score (nSPS) is 12.7. The fourth-order valence-corrected chi connectivity index (χ4v) is 2.81. The Morgan fingerprint density at radius 2 is 1.80 bits per heavy atom. The number of para-hydroxylation sites is 1. The third-order valence-corrected chi connectivity index (χ3v) is 4.02. The number of H-pyrrole nitrogens is 1. The summed E-state index contributed by atoms with van der Waals surface area (Å²) in [5.74, 6) is 0.247. The zero-order valence-electron chi connectivity index (χ0n) is 11.8. The van der Waals surface area contributed by atoms with Crippen LogP contribution in [-0.2, 0) is 6.42 Å². The zero-order valence-corrected chi connectivity index (χ0v) is 11.8. The van der Waals surface area contributed by atoms with Crippen LogP contribution in [0.5, 0.6) is 0 Å². The molecule has 2 aromatic carbocycles. The van der Waals surface area contributed by atoms with Crippen molar-refractivity contribution in [3.63, 3.8) is 0 Å². The van der Waals surface area contributed by atoms with E-state index in [0.29, 0.717) is 6.54 Å². The van der Waals surface area contributed by atoms with Gasteiger partial charge in [0.15, 0.2) is 0 Å². The van der Waals surface area contributed by atoms with Crippen molar-refractivity contribution in [3.8, 4) is 0 Å². The second-order valence-electron chi connectivity index (χ2n) is 5.17. The predicted molar refractivity (Wildman–Crippen MR) is 85.0 cm³/mol. The van der Waals surface area contributed by atoms with Crippen LogP contribution in [0.3, 0.4) is 0 Å². The molecule has 0 radical (unpaired) electrons. The molecule has 0 bridgehead atoms. The molecule has 1 heterocycles. The largest absolute Gasteiger partial charge is 0.361 e. The highest BCUT2D eigenvalue weighted by atomic mass is 14.7. The van der Waals surface area contributed by atoms with Crippen LogP contribution in [0.15, 0.2) is 54.7 Å². The highest BCUT2D eigenvalue weighted by Gasteiger charge is 2.16. The molecular formula is C18H20N2. The zero-order chi connectivity index (χ0) is 13.9. The van der Waals surface area contributed by atoms with Gasteiger partial charge in [-0.1, -0.05) is 49.4 Å². The van der Waals surface area contributed by atoms with Gasteiger partial charge in [0.1, 0.15) is 0 Å². The van der Waals surface area contributed by atoms with Gasteiger partial charge in [-0.15, -0.1) is 0 Å². The van der Waals surface area contributed by atoms with Crippen molar-refractivity contribution in [3.05, 3.63) is 71.4 Å². The SMILES string of the molecule is CCc1ccc([C@H](CN)c2c[nH]c3ccccc23)cc1. The summed E-state index contributed by atoms with van der Waals surface area (Å²) in [6, 6.07) is 17.2. The molecule has 2 nitrogen and oxygen atoms in total. The van der Waals surface area contributed by atoms with E-state index >= 15 is 0 Å². The molecule has 0 saturated heterocycles. The second-order valence-corrected chi connectivity index (χ2v) is 5.17. The van der Waals surface area contributed by atoms with Crippen LogP contribution in [0.25, 0.3) is 10.9 Å². The molecule has 0 spiro atoms. The summed E-state index contributed by atoms with van der Waals surface area (Å²) in [7, 11) is 0. The van der Waals surface area contributed by atoms with E-state index in [-0.39, 0.29) is 5.92 Å². The average Bonchev–Trinajstić information content (AvgIpc) is 2.93. The summed E-state index contributed by atoms with van der Waals surface area (Å²) in [5.41, 5.74) is 11.2. The van der Waals surface area contributed by atoms with Gasteiger partial charge in [-0.05, 0) is 29.2 Å². The Hall–Kier alpha value is -2.06. The number of benzene rings is 2. The maximum atomic E-state index is 6.04. The van der Waals surface area contributed by atoms with Gasteiger partial charge in [-0.2, -0.15) is 0 Å². The smallest absolute Gasteiger partial charge is 0.0457 e. The first-order valence-corrected chi connectivity index (χ1v) is 7.18. The lowest BCUT2D eigenvalue weighted by atomic mass is 9.90. The van der Waals surface area contributed by atoms with Crippen LogP contribution in [0, 0.1) is 0 Å². The van der Waals surface area contributed by atoms with Gasteiger partial charge in [0, 0.05) is 29.6 Å². The lowest BCUT2D eigenvalue weighted by Gasteiger charge is -2.15. The van der Waals surface area contributed by atoms with Crippen molar-refractivity contribution in [2.24, 2.45) is 5.73 Å². The Bertz CT molecular complexity index is 695. The number of fused-ring (bicyclic) bond motifs is 1. The van der Waals surface area contributed by atoms with Gasteiger partial charge in [0.05, 0.1) is 0 Å². The number of nitrogens with two attached hydrogens (primary N) is 1. The molecule has 0 aliphatic heterocycles. The van der Waals surface area contributed by atoms with E-state index in [4.69, 9.17) is 5.73 Å². The predicted octanol–water partition coefficient (Wildman–Crippen LogP) is 3.82. The second kappa shape index (κ2) is 5.51. The third-order valence-electron chi connectivity index (χ3n) is 4.02. The van der Waals surface area contributed by atoms with Crippen molar-refractivity contribution >= 4 is 10.9 Å². The van der Waals surface area contributed by atoms with Crippen LogP contribution in [0.1, 0.15) is 29.5 Å². The maximum absolute atomic E-state index is 6.04. The molecule has 20 heavy (non-hydrogen) atoms. The van der Waals surface area contributed by atoms with Gasteiger partial charge in [0.25, 0.3) is 0 Å². The van der Waals surface area contributed by atoms with Gasteiger partial charge in [-0.25, -0.2) is 0 Å². The summed E-state index contributed by atoms with van der Waals surface area (Å²) in [6.07, 6.45) is 3.16. The van der Waals surface area contributed by atoms with Crippen molar-refractivity contribution in [1.82, 2.24) is 4.98 Å². The van der Waals surface area contributed by atoms with Crippen LogP contribution < -0.4 is 5.73 Å². The van der Waals surface area contributed by atoms with Gasteiger partial charge in [-0.3, -0.25) is 0 Å². The molecule has 3 N–H and O–H groups in total. The number of aromatic nitrogens is 1. The molecular weight excluding hydrogens is 244 g/mol. The molecule has 0 aliphatic carbocycles. The van der Waals surface area contributed by atoms with Crippen molar-refractivity contribution < 1.29 is 0 Å².